The number of aryl methyl sites for hydroxylation is 3. The first-order valence-corrected chi connectivity index (χ1v) is 7.03. The Bertz CT molecular complexity index is 607. The molecule has 0 saturated heterocycles. The van der Waals surface area contributed by atoms with Crippen molar-refractivity contribution < 1.29 is 4.74 Å². The molecule has 1 heterocycles. The molecule has 5 heteroatoms. The van der Waals surface area contributed by atoms with Gasteiger partial charge >= 0.3 is 0 Å². The van der Waals surface area contributed by atoms with E-state index in [2.05, 4.69) is 23.4 Å². The highest BCUT2D eigenvalue weighted by molar-refractivity contribution is 6.31. The average molecular weight is 294 g/mol. The molecule has 1 N–H and O–H groups in total. The van der Waals surface area contributed by atoms with E-state index in [0.29, 0.717) is 6.54 Å². The number of hydrogen-bond donors (Lipinski definition) is 1. The second-order valence-electron chi connectivity index (χ2n) is 4.72. The van der Waals surface area contributed by atoms with E-state index >= 15 is 0 Å². The monoisotopic (exact) mass is 293 g/mol. The van der Waals surface area contributed by atoms with Crippen molar-refractivity contribution in [1.29, 1.82) is 0 Å². The van der Waals surface area contributed by atoms with Crippen molar-refractivity contribution in [2.45, 2.75) is 26.8 Å². The zero-order chi connectivity index (χ0) is 14.7. The summed E-state index contributed by atoms with van der Waals surface area (Å²) in [5.74, 6) is 0.891. The largest absolute Gasteiger partial charge is 0.496 e. The summed E-state index contributed by atoms with van der Waals surface area (Å²) in [4.78, 5) is 0. The van der Waals surface area contributed by atoms with Gasteiger partial charge in [-0.15, -0.1) is 0 Å². The molecule has 1 aromatic carbocycles. The Morgan fingerprint density at radius 3 is 2.70 bits per heavy atom. The summed E-state index contributed by atoms with van der Waals surface area (Å²) in [5.41, 5.74) is 4.08. The van der Waals surface area contributed by atoms with Crippen LogP contribution in [0, 0.1) is 6.92 Å². The maximum Gasteiger partial charge on any atom is 0.121 e. The van der Waals surface area contributed by atoms with Crippen molar-refractivity contribution in [2.75, 3.05) is 12.4 Å². The normalized spacial score (nSPS) is 10.7. The van der Waals surface area contributed by atoms with Crippen LogP contribution in [0.25, 0.3) is 0 Å². The van der Waals surface area contributed by atoms with Gasteiger partial charge in [-0.3, -0.25) is 4.68 Å². The molecule has 0 aliphatic carbocycles. The number of nitrogens with one attached hydrogen (secondary N) is 1. The van der Waals surface area contributed by atoms with Crippen LogP contribution in [0.5, 0.6) is 5.75 Å². The van der Waals surface area contributed by atoms with Gasteiger partial charge in [0.15, 0.2) is 0 Å². The Morgan fingerprint density at radius 1 is 1.40 bits per heavy atom. The summed E-state index contributed by atoms with van der Waals surface area (Å²) in [5, 5.41) is 8.54. The van der Waals surface area contributed by atoms with Crippen LogP contribution in [-0.2, 0) is 20.0 Å². The lowest BCUT2D eigenvalue weighted by Crippen LogP contribution is -2.06. The summed E-state index contributed by atoms with van der Waals surface area (Å²) < 4.78 is 7.09. The summed E-state index contributed by atoms with van der Waals surface area (Å²) in [7, 11) is 3.60. The average Bonchev–Trinajstić information content (AvgIpc) is 2.71. The second kappa shape index (κ2) is 6.18. The molecule has 4 nitrogen and oxygen atoms in total. The molecule has 0 unspecified atom stereocenters. The third-order valence-electron chi connectivity index (χ3n) is 3.36. The number of aromatic nitrogens is 2. The molecule has 0 aliphatic rings. The van der Waals surface area contributed by atoms with Gasteiger partial charge in [0, 0.05) is 12.7 Å². The van der Waals surface area contributed by atoms with Crippen molar-refractivity contribution in [2.24, 2.45) is 7.05 Å². The lowest BCUT2D eigenvalue weighted by molar-refractivity contribution is 0.412. The fourth-order valence-corrected chi connectivity index (χ4v) is 2.55. The topological polar surface area (TPSA) is 39.1 Å². The number of methoxy groups -OCH3 is 1. The molecule has 0 fully saturated rings. The predicted octanol–water partition coefficient (Wildman–Crippen LogP) is 3.57. The Balaban J connectivity index is 2.13. The van der Waals surface area contributed by atoms with E-state index in [0.717, 1.165) is 39.8 Å². The zero-order valence-corrected chi connectivity index (χ0v) is 13.1. The molecule has 0 spiro atoms. The van der Waals surface area contributed by atoms with Crippen LogP contribution < -0.4 is 10.1 Å². The van der Waals surface area contributed by atoms with Gasteiger partial charge in [0.05, 0.1) is 30.1 Å². The summed E-state index contributed by atoms with van der Waals surface area (Å²) in [6.07, 6.45) is 0.842. The Morgan fingerprint density at radius 2 is 2.15 bits per heavy atom. The van der Waals surface area contributed by atoms with E-state index < -0.39 is 0 Å². The van der Waals surface area contributed by atoms with Crippen LogP contribution in [0.3, 0.4) is 0 Å². The lowest BCUT2D eigenvalue weighted by Gasteiger charge is -2.10. The maximum atomic E-state index is 6.33. The fourth-order valence-electron chi connectivity index (χ4n) is 2.19. The van der Waals surface area contributed by atoms with E-state index in [4.69, 9.17) is 16.3 Å². The smallest absolute Gasteiger partial charge is 0.121 e. The lowest BCUT2D eigenvalue weighted by atomic mass is 10.2. The molecule has 2 aromatic rings. The molecular formula is C15H20ClN3O. The van der Waals surface area contributed by atoms with Crippen molar-refractivity contribution in [1.82, 2.24) is 9.78 Å². The molecule has 0 radical (unpaired) electrons. The molecule has 0 amide bonds. The van der Waals surface area contributed by atoms with E-state index in [1.807, 2.05) is 30.8 Å². The van der Waals surface area contributed by atoms with Gasteiger partial charge in [-0.25, -0.2) is 0 Å². The van der Waals surface area contributed by atoms with Crippen LogP contribution in [0.4, 0.5) is 5.69 Å². The molecule has 0 atom stereocenters. The Hall–Kier alpha value is -1.68. The Kier molecular flexibility index (Phi) is 4.55. The first-order chi connectivity index (χ1) is 9.56. The van der Waals surface area contributed by atoms with Gasteiger partial charge in [-0.2, -0.15) is 5.10 Å². The van der Waals surface area contributed by atoms with E-state index in [1.165, 1.54) is 0 Å². The number of ether oxygens (including phenoxy) is 1. The van der Waals surface area contributed by atoms with Gasteiger partial charge < -0.3 is 10.1 Å². The SMILES string of the molecule is CCc1nn(C)c(CNc2ccc(OC)c(C)c2)c1Cl. The third kappa shape index (κ3) is 2.90. The minimum absolute atomic E-state index is 0.647. The summed E-state index contributed by atoms with van der Waals surface area (Å²) >= 11 is 6.33. The number of anilines is 1. The molecule has 0 saturated carbocycles. The van der Waals surface area contributed by atoms with Crippen LogP contribution in [0.15, 0.2) is 18.2 Å². The molecule has 0 bridgehead atoms. The number of halogens is 1. The number of benzene rings is 1. The molecular weight excluding hydrogens is 274 g/mol. The first-order valence-electron chi connectivity index (χ1n) is 6.65. The van der Waals surface area contributed by atoms with E-state index in [1.54, 1.807) is 7.11 Å². The molecule has 20 heavy (non-hydrogen) atoms. The molecule has 2 rings (SSSR count). The second-order valence-corrected chi connectivity index (χ2v) is 5.10. The van der Waals surface area contributed by atoms with Crippen molar-refractivity contribution >= 4 is 17.3 Å². The van der Waals surface area contributed by atoms with Gasteiger partial charge in [-0.05, 0) is 37.1 Å². The molecule has 1 aromatic heterocycles. The fraction of sp³-hybridized carbons (Fsp3) is 0.400. The highest BCUT2D eigenvalue weighted by Gasteiger charge is 2.12. The Labute approximate surface area is 124 Å². The van der Waals surface area contributed by atoms with Gasteiger partial charge in [0.2, 0.25) is 0 Å². The van der Waals surface area contributed by atoms with E-state index in [9.17, 15) is 0 Å². The van der Waals surface area contributed by atoms with Gasteiger partial charge in [0.1, 0.15) is 5.75 Å². The van der Waals surface area contributed by atoms with Crippen LogP contribution in [-0.4, -0.2) is 16.9 Å². The van der Waals surface area contributed by atoms with E-state index in [-0.39, 0.29) is 0 Å². The zero-order valence-electron chi connectivity index (χ0n) is 12.3. The number of hydrogen-bond acceptors (Lipinski definition) is 3. The quantitative estimate of drug-likeness (QED) is 0.916. The first kappa shape index (κ1) is 14.7. The van der Waals surface area contributed by atoms with Crippen LogP contribution in [0.2, 0.25) is 5.02 Å². The minimum atomic E-state index is 0.647. The third-order valence-corrected chi connectivity index (χ3v) is 3.79. The summed E-state index contributed by atoms with van der Waals surface area (Å²) in [6.45, 7) is 4.72. The number of nitrogens with zero attached hydrogens (tertiary/aromatic N) is 2. The minimum Gasteiger partial charge on any atom is -0.496 e. The van der Waals surface area contributed by atoms with Crippen molar-refractivity contribution in [3.8, 4) is 5.75 Å². The standard InChI is InChI=1S/C15H20ClN3O/c1-5-12-15(16)13(19(3)18-12)9-17-11-6-7-14(20-4)10(2)8-11/h6-8,17H,5,9H2,1-4H3. The predicted molar refractivity (Wildman–Crippen MR) is 82.7 cm³/mol. The van der Waals surface area contributed by atoms with Crippen LogP contribution >= 0.6 is 11.6 Å². The maximum absolute atomic E-state index is 6.33. The van der Waals surface area contributed by atoms with Crippen LogP contribution in [0.1, 0.15) is 23.9 Å². The highest BCUT2D eigenvalue weighted by Crippen LogP contribution is 2.24. The van der Waals surface area contributed by atoms with Gasteiger partial charge in [0.25, 0.3) is 0 Å². The molecule has 108 valence electrons. The van der Waals surface area contributed by atoms with Gasteiger partial charge in [-0.1, -0.05) is 18.5 Å². The highest BCUT2D eigenvalue weighted by atomic mass is 35.5. The molecule has 0 aliphatic heterocycles. The summed E-state index contributed by atoms with van der Waals surface area (Å²) in [6, 6.07) is 6.01. The van der Waals surface area contributed by atoms with Crippen molar-refractivity contribution in [3.63, 3.8) is 0 Å². The number of rotatable bonds is 5. The van der Waals surface area contributed by atoms with Crippen molar-refractivity contribution in [3.05, 3.63) is 40.2 Å².